The third kappa shape index (κ3) is 3.15. The molecule has 1 amide bonds. The van der Waals surface area contributed by atoms with E-state index in [1.165, 1.54) is 0 Å². The van der Waals surface area contributed by atoms with Crippen LogP contribution in [-0.2, 0) is 17.8 Å². The second-order valence-electron chi connectivity index (χ2n) is 4.78. The molecule has 3 heterocycles. The zero-order chi connectivity index (χ0) is 16.2. The molecule has 0 fully saturated rings. The van der Waals surface area contributed by atoms with E-state index in [2.05, 4.69) is 15.3 Å². The number of amides is 1. The van der Waals surface area contributed by atoms with Crippen LogP contribution in [0.2, 0.25) is 0 Å². The molecule has 0 radical (unpaired) electrons. The lowest BCUT2D eigenvalue weighted by molar-refractivity contribution is 0.186. The lowest BCUT2D eigenvalue weighted by atomic mass is 10.4. The Bertz CT molecular complexity index is 882. The predicted octanol–water partition coefficient (Wildman–Crippen LogP) is 1.06. The van der Waals surface area contributed by atoms with Gasteiger partial charge in [-0.3, -0.25) is 4.79 Å². The summed E-state index contributed by atoms with van der Waals surface area (Å²) in [5.41, 5.74) is 0.478. The molecule has 0 atom stereocenters. The Labute approximate surface area is 135 Å². The van der Waals surface area contributed by atoms with Crippen LogP contribution in [0, 0.1) is 0 Å². The molecule has 0 saturated heterocycles. The molecular weight excluding hydrogens is 318 g/mol. The minimum atomic E-state index is -0.475. The van der Waals surface area contributed by atoms with Crippen molar-refractivity contribution in [1.29, 1.82) is 0 Å². The number of nitrogens with zero attached hydrogens (tertiary/aromatic N) is 4. The van der Waals surface area contributed by atoms with E-state index in [1.807, 2.05) is 4.57 Å². The fourth-order valence-corrected chi connectivity index (χ4v) is 2.98. The van der Waals surface area contributed by atoms with E-state index in [-0.39, 0.29) is 12.1 Å². The number of pyridine rings is 1. The third-order valence-corrected chi connectivity index (χ3v) is 4.32. The molecule has 120 valence electrons. The van der Waals surface area contributed by atoms with Crippen LogP contribution in [0.1, 0.15) is 5.69 Å². The standard InChI is InChI=1S/C14H15N5O3S/c1-22-6-5-18-9-15-7-10(18)8-17-14(21)19-13(20)11-3-2-4-16-12(11)23-19/h2-4,7,9H,5-6,8H2,1H3,(H,17,21). The zero-order valence-corrected chi connectivity index (χ0v) is 13.2. The molecule has 0 aromatic carbocycles. The molecule has 9 heteroatoms. The molecular formula is C14H15N5O3S. The first-order chi connectivity index (χ1) is 11.2. The topological polar surface area (TPSA) is 91.0 Å². The number of aromatic nitrogens is 4. The van der Waals surface area contributed by atoms with Crippen molar-refractivity contribution < 1.29 is 9.53 Å². The minimum absolute atomic E-state index is 0.274. The Morgan fingerprint density at radius 2 is 2.35 bits per heavy atom. The number of ether oxygens (including phenoxy) is 1. The molecule has 0 saturated carbocycles. The second-order valence-corrected chi connectivity index (χ2v) is 5.71. The third-order valence-electron chi connectivity index (χ3n) is 3.30. The fraction of sp³-hybridized carbons (Fsp3) is 0.286. The minimum Gasteiger partial charge on any atom is -0.383 e. The van der Waals surface area contributed by atoms with Gasteiger partial charge in [0, 0.05) is 26.0 Å². The highest BCUT2D eigenvalue weighted by Crippen LogP contribution is 2.12. The lowest BCUT2D eigenvalue weighted by Crippen LogP contribution is -2.33. The summed E-state index contributed by atoms with van der Waals surface area (Å²) in [6.07, 6.45) is 4.94. The molecule has 3 rings (SSSR count). The summed E-state index contributed by atoms with van der Waals surface area (Å²) in [6.45, 7) is 1.48. The van der Waals surface area contributed by atoms with Crippen molar-refractivity contribution >= 4 is 27.8 Å². The number of carbonyl (C=O) groups excluding carboxylic acids is 1. The van der Waals surface area contributed by atoms with Crippen LogP contribution in [0.5, 0.6) is 0 Å². The summed E-state index contributed by atoms with van der Waals surface area (Å²) >= 11 is 1.03. The Morgan fingerprint density at radius 1 is 1.48 bits per heavy atom. The average Bonchev–Trinajstić information content (AvgIpc) is 3.15. The Morgan fingerprint density at radius 3 is 3.13 bits per heavy atom. The molecule has 0 unspecified atom stereocenters. The molecule has 3 aromatic rings. The van der Waals surface area contributed by atoms with E-state index in [0.717, 1.165) is 21.2 Å². The fourth-order valence-electron chi connectivity index (χ4n) is 2.12. The SMILES string of the molecule is COCCn1cncc1CNC(=O)n1sc2ncccc2c1=O. The molecule has 8 nitrogen and oxygen atoms in total. The van der Waals surface area contributed by atoms with Gasteiger partial charge in [0.1, 0.15) is 4.83 Å². The van der Waals surface area contributed by atoms with E-state index in [0.29, 0.717) is 23.4 Å². The van der Waals surface area contributed by atoms with Crippen LogP contribution in [0.15, 0.2) is 35.6 Å². The highest BCUT2D eigenvalue weighted by atomic mass is 32.1. The first-order valence-electron chi connectivity index (χ1n) is 6.94. The van der Waals surface area contributed by atoms with Crippen LogP contribution in [0.3, 0.4) is 0 Å². The predicted molar refractivity (Wildman–Crippen MR) is 85.6 cm³/mol. The Balaban J connectivity index is 1.73. The van der Waals surface area contributed by atoms with Gasteiger partial charge >= 0.3 is 6.03 Å². The Hall–Kier alpha value is -2.52. The van der Waals surface area contributed by atoms with Gasteiger partial charge in [0.15, 0.2) is 0 Å². The Kier molecular flexibility index (Phi) is 4.49. The molecule has 0 bridgehead atoms. The number of hydrogen-bond acceptors (Lipinski definition) is 6. The van der Waals surface area contributed by atoms with Crippen LogP contribution >= 0.6 is 11.5 Å². The molecule has 0 spiro atoms. The van der Waals surface area contributed by atoms with Gasteiger partial charge in [0.25, 0.3) is 5.56 Å². The van der Waals surface area contributed by atoms with Crippen LogP contribution in [0.4, 0.5) is 4.79 Å². The second kappa shape index (κ2) is 6.71. The summed E-state index contributed by atoms with van der Waals surface area (Å²) in [6, 6.07) is 2.86. The monoisotopic (exact) mass is 333 g/mol. The van der Waals surface area contributed by atoms with E-state index >= 15 is 0 Å². The zero-order valence-electron chi connectivity index (χ0n) is 12.4. The molecule has 1 N–H and O–H groups in total. The maximum Gasteiger partial charge on any atom is 0.338 e. The summed E-state index contributed by atoms with van der Waals surface area (Å²) in [5, 5.41) is 3.17. The number of carbonyl (C=O) groups is 1. The smallest absolute Gasteiger partial charge is 0.338 e. The van der Waals surface area contributed by atoms with Gasteiger partial charge in [0.05, 0.1) is 30.6 Å². The van der Waals surface area contributed by atoms with Crippen molar-refractivity contribution in [3.8, 4) is 0 Å². The van der Waals surface area contributed by atoms with Crippen molar-refractivity contribution in [3.63, 3.8) is 0 Å². The summed E-state index contributed by atoms with van der Waals surface area (Å²) in [4.78, 5) is 33.1. The normalized spacial score (nSPS) is 11.0. The van der Waals surface area contributed by atoms with Crippen LogP contribution < -0.4 is 10.9 Å². The largest absolute Gasteiger partial charge is 0.383 e. The average molecular weight is 333 g/mol. The number of methoxy groups -OCH3 is 1. The van der Waals surface area contributed by atoms with Gasteiger partial charge in [-0.15, -0.1) is 0 Å². The summed E-state index contributed by atoms with van der Waals surface area (Å²) in [7, 11) is 1.63. The van der Waals surface area contributed by atoms with Gasteiger partial charge in [-0.05, 0) is 23.7 Å². The number of fused-ring (bicyclic) bond motifs is 1. The number of hydrogen-bond donors (Lipinski definition) is 1. The van der Waals surface area contributed by atoms with Crippen LogP contribution in [-0.4, -0.2) is 38.2 Å². The lowest BCUT2D eigenvalue weighted by Gasteiger charge is -2.08. The number of imidazole rings is 1. The maximum atomic E-state index is 12.2. The van der Waals surface area contributed by atoms with Gasteiger partial charge in [-0.25, -0.2) is 14.8 Å². The maximum absolute atomic E-state index is 12.2. The van der Waals surface area contributed by atoms with Crippen molar-refractivity contribution in [2.75, 3.05) is 13.7 Å². The van der Waals surface area contributed by atoms with E-state index in [4.69, 9.17) is 4.74 Å². The quantitative estimate of drug-likeness (QED) is 0.754. The first kappa shape index (κ1) is 15.4. The molecule has 23 heavy (non-hydrogen) atoms. The van der Waals surface area contributed by atoms with Gasteiger partial charge in [-0.1, -0.05) is 0 Å². The van der Waals surface area contributed by atoms with Crippen LogP contribution in [0.25, 0.3) is 10.2 Å². The summed E-state index contributed by atoms with van der Waals surface area (Å²) in [5.74, 6) is 0. The highest BCUT2D eigenvalue weighted by Gasteiger charge is 2.14. The van der Waals surface area contributed by atoms with Crippen molar-refractivity contribution in [2.45, 2.75) is 13.1 Å². The summed E-state index contributed by atoms with van der Waals surface area (Å²) < 4.78 is 7.99. The van der Waals surface area contributed by atoms with Gasteiger partial charge in [-0.2, -0.15) is 3.96 Å². The van der Waals surface area contributed by atoms with Crippen molar-refractivity contribution in [2.24, 2.45) is 0 Å². The number of rotatable bonds is 5. The van der Waals surface area contributed by atoms with Crippen molar-refractivity contribution in [3.05, 3.63) is 46.9 Å². The molecule has 0 aliphatic heterocycles. The van der Waals surface area contributed by atoms with Crippen molar-refractivity contribution in [1.82, 2.24) is 23.8 Å². The molecule has 0 aliphatic carbocycles. The van der Waals surface area contributed by atoms with Gasteiger partial charge < -0.3 is 14.6 Å². The highest BCUT2D eigenvalue weighted by molar-refractivity contribution is 7.14. The van der Waals surface area contributed by atoms with E-state index < -0.39 is 6.03 Å². The first-order valence-corrected chi connectivity index (χ1v) is 7.71. The van der Waals surface area contributed by atoms with E-state index in [1.54, 1.807) is 38.0 Å². The number of nitrogens with one attached hydrogen (secondary N) is 1. The molecule has 3 aromatic heterocycles. The molecule has 0 aliphatic rings. The van der Waals surface area contributed by atoms with Gasteiger partial charge in [0.2, 0.25) is 0 Å². The van der Waals surface area contributed by atoms with E-state index in [9.17, 15) is 9.59 Å².